The van der Waals surface area contributed by atoms with Crippen LogP contribution in [0.25, 0.3) is 6.08 Å². The van der Waals surface area contributed by atoms with Crippen molar-refractivity contribution >= 4 is 12.0 Å². The smallest absolute Gasteiger partial charge is 0.246 e. The monoisotopic (exact) mass is 421 g/mol. The van der Waals surface area contributed by atoms with Crippen LogP contribution < -0.4 is 4.74 Å². The van der Waals surface area contributed by atoms with Crippen LogP contribution in [-0.4, -0.2) is 42.2 Å². The molecule has 166 valence electrons. The molecule has 3 aliphatic carbocycles. The summed E-state index contributed by atoms with van der Waals surface area (Å²) in [6, 6.07) is 8.39. The van der Waals surface area contributed by atoms with Gasteiger partial charge in [0.15, 0.2) is 0 Å². The number of carbonyl (C=O) groups excluding carboxylic acids is 1. The first-order valence-corrected chi connectivity index (χ1v) is 11.8. The van der Waals surface area contributed by atoms with Gasteiger partial charge in [-0.3, -0.25) is 4.79 Å². The van der Waals surface area contributed by atoms with Crippen LogP contribution in [-0.2, 0) is 4.79 Å². The maximum atomic E-state index is 12.3. The average molecular weight is 422 g/mol. The van der Waals surface area contributed by atoms with E-state index in [0.29, 0.717) is 23.8 Å². The largest absolute Gasteiger partial charge is 0.497 e. The number of methoxy groups -OCH3 is 1. The molecule has 1 aromatic carbocycles. The number of likely N-dealkylation sites (N-methyl/N-ethyl adjacent to an activating group) is 1. The molecule has 0 unspecified atom stereocenters. The number of benzene rings is 1. The molecule has 4 heteroatoms. The van der Waals surface area contributed by atoms with Gasteiger partial charge >= 0.3 is 0 Å². The first-order chi connectivity index (χ1) is 14.8. The quantitative estimate of drug-likeness (QED) is 0.754. The zero-order chi connectivity index (χ0) is 22.0. The van der Waals surface area contributed by atoms with Crippen LogP contribution in [0, 0.1) is 28.6 Å². The second kappa shape index (κ2) is 7.23. The Morgan fingerprint density at radius 2 is 2.00 bits per heavy atom. The molecule has 1 aliphatic heterocycles. The van der Waals surface area contributed by atoms with Crippen LogP contribution in [0.2, 0.25) is 0 Å². The SMILES string of the molecule is COc1cccc(/C=C2/C[C@H]3[C@@H]4CC[C@H]5N(C)C(=O)C=C[C@]5(C)[C@H]4CC[C@]3(C)[C@H]2O)c1. The number of carbonyl (C=O) groups is 1. The molecule has 31 heavy (non-hydrogen) atoms. The molecule has 5 rings (SSSR count). The lowest BCUT2D eigenvalue weighted by molar-refractivity contribution is -0.140. The highest BCUT2D eigenvalue weighted by Gasteiger charge is 2.61. The van der Waals surface area contributed by atoms with E-state index in [1.807, 2.05) is 30.1 Å². The average Bonchev–Trinajstić information content (AvgIpc) is 3.02. The first kappa shape index (κ1) is 20.8. The van der Waals surface area contributed by atoms with Gasteiger partial charge in [-0.15, -0.1) is 0 Å². The van der Waals surface area contributed by atoms with Crippen LogP contribution in [0.5, 0.6) is 5.75 Å². The second-order valence-corrected chi connectivity index (χ2v) is 10.8. The molecule has 1 amide bonds. The zero-order valence-corrected chi connectivity index (χ0v) is 19.2. The van der Waals surface area contributed by atoms with Crippen molar-refractivity contribution in [3.63, 3.8) is 0 Å². The summed E-state index contributed by atoms with van der Waals surface area (Å²) in [6.45, 7) is 4.68. The molecular formula is C27H35NO3. The maximum absolute atomic E-state index is 12.3. The maximum Gasteiger partial charge on any atom is 0.246 e. The van der Waals surface area contributed by atoms with Gasteiger partial charge in [0.25, 0.3) is 0 Å². The summed E-state index contributed by atoms with van der Waals surface area (Å²) in [5, 5.41) is 11.4. The summed E-state index contributed by atoms with van der Waals surface area (Å²) in [6.07, 6.45) is 11.2. The summed E-state index contributed by atoms with van der Waals surface area (Å²) in [5.74, 6) is 2.64. The van der Waals surface area contributed by atoms with Crippen molar-refractivity contribution in [2.75, 3.05) is 14.2 Å². The van der Waals surface area contributed by atoms with E-state index in [1.54, 1.807) is 13.2 Å². The van der Waals surface area contributed by atoms with Gasteiger partial charge in [0.1, 0.15) is 5.75 Å². The van der Waals surface area contributed by atoms with Crippen LogP contribution in [0.3, 0.4) is 0 Å². The van der Waals surface area contributed by atoms with Gasteiger partial charge in [0, 0.05) is 23.9 Å². The van der Waals surface area contributed by atoms with Crippen molar-refractivity contribution in [3.05, 3.63) is 47.6 Å². The number of nitrogens with zero attached hydrogens (tertiary/aromatic N) is 1. The summed E-state index contributed by atoms with van der Waals surface area (Å²) in [7, 11) is 3.66. The molecule has 0 radical (unpaired) electrons. The number of hydrogen-bond donors (Lipinski definition) is 1. The minimum absolute atomic E-state index is 0.0388. The molecule has 1 heterocycles. The van der Waals surface area contributed by atoms with Gasteiger partial charge in [-0.1, -0.05) is 38.1 Å². The number of fused-ring (bicyclic) bond motifs is 5. The molecule has 3 fully saturated rings. The molecule has 0 saturated heterocycles. The Kier molecular flexibility index (Phi) is 4.85. The van der Waals surface area contributed by atoms with Gasteiger partial charge in [-0.2, -0.15) is 0 Å². The lowest BCUT2D eigenvalue weighted by atomic mass is 9.48. The van der Waals surface area contributed by atoms with Gasteiger partial charge in [-0.05, 0) is 79.2 Å². The predicted molar refractivity (Wildman–Crippen MR) is 122 cm³/mol. The lowest BCUT2D eigenvalue weighted by Crippen LogP contribution is -2.59. The number of amides is 1. The molecule has 0 spiro atoms. The van der Waals surface area contributed by atoms with Gasteiger partial charge in [-0.25, -0.2) is 0 Å². The Morgan fingerprint density at radius 3 is 2.77 bits per heavy atom. The minimum Gasteiger partial charge on any atom is -0.497 e. The lowest BCUT2D eigenvalue weighted by Gasteiger charge is -2.59. The molecule has 4 aliphatic rings. The third-order valence-corrected chi connectivity index (χ3v) is 9.44. The predicted octanol–water partition coefficient (Wildman–Crippen LogP) is 4.69. The summed E-state index contributed by atoms with van der Waals surface area (Å²) in [4.78, 5) is 14.3. The fraction of sp³-hybridized carbons (Fsp3) is 0.593. The topological polar surface area (TPSA) is 49.8 Å². The van der Waals surface area contributed by atoms with Gasteiger partial charge < -0.3 is 14.7 Å². The van der Waals surface area contributed by atoms with Crippen LogP contribution >= 0.6 is 0 Å². The van der Waals surface area contributed by atoms with E-state index in [2.05, 4.69) is 32.1 Å². The van der Waals surface area contributed by atoms with E-state index < -0.39 is 0 Å². The van der Waals surface area contributed by atoms with E-state index in [1.165, 1.54) is 5.57 Å². The number of ether oxygens (including phenoxy) is 1. The molecule has 4 nitrogen and oxygen atoms in total. The summed E-state index contributed by atoms with van der Waals surface area (Å²) >= 11 is 0. The van der Waals surface area contributed by atoms with Crippen LogP contribution in [0.1, 0.15) is 51.5 Å². The Balaban J connectivity index is 1.46. The molecule has 0 aromatic heterocycles. The number of aliphatic hydroxyl groups is 1. The van der Waals surface area contributed by atoms with E-state index in [9.17, 15) is 9.90 Å². The fourth-order valence-electron chi connectivity index (χ4n) is 7.68. The normalized spacial score (nSPS) is 42.9. The number of hydrogen-bond acceptors (Lipinski definition) is 3. The van der Waals surface area contributed by atoms with E-state index in [-0.39, 0.29) is 22.8 Å². The molecule has 3 saturated carbocycles. The van der Waals surface area contributed by atoms with Gasteiger partial charge in [0.2, 0.25) is 5.91 Å². The molecule has 7 atom stereocenters. The third kappa shape index (κ3) is 3.01. The Bertz CT molecular complexity index is 952. The number of rotatable bonds is 2. The summed E-state index contributed by atoms with van der Waals surface area (Å²) in [5.41, 5.74) is 2.24. The standard InChI is InChI=1S/C27H35NO3/c1-26-13-11-24(29)28(3)23(26)9-8-20-21(26)10-12-27(2)22(20)16-18(25(27)30)14-17-6-5-7-19(15-17)31-4/h5-7,11,13-15,20-23,25,30H,8-10,12,16H2,1-4H3/b18-14-/t20-,21+,22+,23-,25+,26-,27+/m1/s1. The first-order valence-electron chi connectivity index (χ1n) is 11.8. The van der Waals surface area contributed by atoms with Crippen molar-refractivity contribution in [1.82, 2.24) is 4.90 Å². The Labute approximate surface area is 186 Å². The van der Waals surface area contributed by atoms with Crippen LogP contribution in [0.15, 0.2) is 42.0 Å². The second-order valence-electron chi connectivity index (χ2n) is 10.8. The van der Waals surface area contributed by atoms with E-state index >= 15 is 0 Å². The van der Waals surface area contributed by atoms with Crippen molar-refractivity contribution in [2.24, 2.45) is 28.6 Å². The van der Waals surface area contributed by atoms with Crippen molar-refractivity contribution < 1.29 is 14.6 Å². The fourth-order valence-corrected chi connectivity index (χ4v) is 7.68. The van der Waals surface area contributed by atoms with Gasteiger partial charge in [0.05, 0.1) is 13.2 Å². The Morgan fingerprint density at radius 1 is 1.19 bits per heavy atom. The van der Waals surface area contributed by atoms with E-state index in [0.717, 1.165) is 43.4 Å². The van der Waals surface area contributed by atoms with Crippen LogP contribution in [0.4, 0.5) is 0 Å². The third-order valence-electron chi connectivity index (χ3n) is 9.44. The van der Waals surface area contributed by atoms with Crippen molar-refractivity contribution in [2.45, 2.75) is 58.1 Å². The van der Waals surface area contributed by atoms with Crippen molar-refractivity contribution in [3.8, 4) is 5.75 Å². The molecular weight excluding hydrogens is 386 g/mol. The highest BCUT2D eigenvalue weighted by Crippen LogP contribution is 2.65. The molecule has 1 aromatic rings. The van der Waals surface area contributed by atoms with E-state index in [4.69, 9.17) is 4.74 Å². The molecule has 1 N–H and O–H groups in total. The number of aliphatic hydroxyl groups excluding tert-OH is 1. The van der Waals surface area contributed by atoms with Crippen molar-refractivity contribution in [1.29, 1.82) is 0 Å². The summed E-state index contributed by atoms with van der Waals surface area (Å²) < 4.78 is 5.38. The Hall–Kier alpha value is -2.07. The molecule has 0 bridgehead atoms. The minimum atomic E-state index is -0.388. The highest BCUT2D eigenvalue weighted by molar-refractivity contribution is 5.89. The highest BCUT2D eigenvalue weighted by atomic mass is 16.5. The zero-order valence-electron chi connectivity index (χ0n) is 19.2.